The first kappa shape index (κ1) is 22.1. The number of hydrogen-bond donors (Lipinski definition) is 0. The fourth-order valence-electron chi connectivity index (χ4n) is 4.44. The Labute approximate surface area is 154 Å². The van der Waals surface area contributed by atoms with Crippen molar-refractivity contribution in [2.45, 2.75) is 118 Å². The zero-order valence-electron chi connectivity index (χ0n) is 19.1. The first-order valence-electron chi connectivity index (χ1n) is 10.2. The average molecular weight is 335 g/mol. The summed E-state index contributed by atoms with van der Waals surface area (Å²) in [6.45, 7) is 32.5. The number of hydrogen-bond acceptors (Lipinski definition) is 1. The van der Waals surface area contributed by atoms with Crippen molar-refractivity contribution in [3.05, 3.63) is 0 Å². The summed E-state index contributed by atoms with van der Waals surface area (Å²) in [6, 6.07) is 0. The van der Waals surface area contributed by atoms with Gasteiger partial charge in [0.25, 0.3) is 0 Å². The highest BCUT2D eigenvalue weighted by molar-refractivity contribution is 6.64. The maximum absolute atomic E-state index is 2.81. The van der Waals surface area contributed by atoms with Crippen LogP contribution in [0.2, 0.25) is 17.5 Å². The predicted octanol–water partition coefficient (Wildman–Crippen LogP) is 7.01. The lowest BCUT2D eigenvalue weighted by atomic mass is 9.23. The van der Waals surface area contributed by atoms with E-state index in [1.165, 1.54) is 32.4 Å². The molecule has 0 aliphatic carbocycles. The molecule has 1 fully saturated rings. The molecule has 0 aromatic carbocycles. The molecule has 0 aromatic heterocycles. The summed E-state index contributed by atoms with van der Waals surface area (Å²) < 4.78 is 0. The van der Waals surface area contributed by atoms with Gasteiger partial charge in [0.2, 0.25) is 0 Å². The summed E-state index contributed by atoms with van der Waals surface area (Å²) in [7, 11) is 0. The monoisotopic (exact) mass is 335 g/mol. The molecular weight excluding hydrogens is 289 g/mol. The Morgan fingerprint density at radius 3 is 1.67 bits per heavy atom. The Bertz CT molecular complexity index is 423. The lowest BCUT2D eigenvalue weighted by Crippen LogP contribution is -2.56. The minimum Gasteiger partial charge on any atom is -0.298 e. The summed E-state index contributed by atoms with van der Waals surface area (Å²) in [4.78, 5) is 2.81. The fourth-order valence-corrected chi connectivity index (χ4v) is 4.44. The first-order valence-corrected chi connectivity index (χ1v) is 10.2. The fraction of sp³-hybridized carbons (Fsp3) is 1.00. The van der Waals surface area contributed by atoms with Crippen molar-refractivity contribution in [1.29, 1.82) is 0 Å². The van der Waals surface area contributed by atoms with Gasteiger partial charge in [0.1, 0.15) is 6.71 Å². The summed E-state index contributed by atoms with van der Waals surface area (Å²) >= 11 is 0. The van der Waals surface area contributed by atoms with Crippen LogP contribution in [0.5, 0.6) is 0 Å². The molecule has 0 N–H and O–H groups in total. The normalized spacial score (nSPS) is 31.5. The Hall–Kier alpha value is 0.0249. The first-order chi connectivity index (χ1) is 10.4. The molecule has 2 atom stereocenters. The summed E-state index contributed by atoms with van der Waals surface area (Å²) in [5, 5.41) is 0.760. The van der Waals surface area contributed by atoms with Gasteiger partial charge in [-0.3, -0.25) is 4.90 Å². The van der Waals surface area contributed by atoms with Crippen LogP contribution in [-0.4, -0.2) is 30.2 Å². The molecule has 0 aromatic rings. The van der Waals surface area contributed by atoms with E-state index >= 15 is 0 Å². The van der Waals surface area contributed by atoms with Crippen molar-refractivity contribution < 1.29 is 0 Å². The topological polar surface area (TPSA) is 3.24 Å². The maximum Gasteiger partial charge on any atom is 0.150 e. The van der Waals surface area contributed by atoms with E-state index < -0.39 is 0 Å². The van der Waals surface area contributed by atoms with Crippen LogP contribution >= 0.6 is 0 Å². The van der Waals surface area contributed by atoms with Gasteiger partial charge in [0.15, 0.2) is 0 Å². The summed E-state index contributed by atoms with van der Waals surface area (Å²) in [6.07, 6.45) is 4.06. The second-order valence-electron chi connectivity index (χ2n) is 12.4. The van der Waals surface area contributed by atoms with Crippen LogP contribution in [0, 0.1) is 10.8 Å². The van der Waals surface area contributed by atoms with Crippen molar-refractivity contribution >= 4 is 6.71 Å². The zero-order valence-corrected chi connectivity index (χ0v) is 19.1. The number of nitrogens with zero attached hydrogens (tertiary/aromatic N) is 1. The molecule has 142 valence electrons. The lowest BCUT2D eigenvalue weighted by Gasteiger charge is -2.55. The molecule has 1 saturated heterocycles. The third kappa shape index (κ3) is 4.80. The van der Waals surface area contributed by atoms with Gasteiger partial charge in [-0.05, 0) is 49.9 Å². The van der Waals surface area contributed by atoms with E-state index in [4.69, 9.17) is 0 Å². The molecule has 24 heavy (non-hydrogen) atoms. The average Bonchev–Trinajstić information content (AvgIpc) is 2.31. The Morgan fingerprint density at radius 1 is 0.792 bits per heavy atom. The molecule has 2 heteroatoms. The maximum atomic E-state index is 2.81. The van der Waals surface area contributed by atoms with Gasteiger partial charge in [-0.2, -0.15) is 0 Å². The molecule has 1 rings (SSSR count). The van der Waals surface area contributed by atoms with Gasteiger partial charge in [-0.1, -0.05) is 80.4 Å². The van der Waals surface area contributed by atoms with Gasteiger partial charge in [-0.25, -0.2) is 0 Å². The van der Waals surface area contributed by atoms with Crippen LogP contribution < -0.4 is 0 Å². The Balaban J connectivity index is 3.23. The standard InChI is InChI=1S/C22H46BN/c1-18(2,3)21(10)14-13-15-22(11,23(12)19(4,5)6)17-24(16-21)20(7,8)9/h13-17H2,1-12H3. The molecule has 2 unspecified atom stereocenters. The van der Waals surface area contributed by atoms with E-state index in [-0.39, 0.29) is 5.54 Å². The quantitative estimate of drug-likeness (QED) is 0.466. The summed E-state index contributed by atoms with van der Waals surface area (Å²) in [5.74, 6) is 0. The zero-order chi connectivity index (χ0) is 19.2. The van der Waals surface area contributed by atoms with E-state index in [0.717, 1.165) is 0 Å². The SMILES string of the molecule is CB(C(C)(C)C)C1(C)CCCC(C)(C(C)(C)C)CN(C(C)(C)C)C1. The van der Waals surface area contributed by atoms with Gasteiger partial charge >= 0.3 is 0 Å². The largest absolute Gasteiger partial charge is 0.298 e. The van der Waals surface area contributed by atoms with Crippen LogP contribution in [0.15, 0.2) is 0 Å². The molecule has 0 saturated carbocycles. The van der Waals surface area contributed by atoms with E-state index in [1.54, 1.807) is 0 Å². The molecule has 1 aliphatic heterocycles. The van der Waals surface area contributed by atoms with Crippen molar-refractivity contribution in [3.8, 4) is 0 Å². The van der Waals surface area contributed by atoms with Crippen molar-refractivity contribution in [2.75, 3.05) is 13.1 Å². The van der Waals surface area contributed by atoms with Crippen molar-refractivity contribution in [2.24, 2.45) is 10.8 Å². The van der Waals surface area contributed by atoms with E-state index in [0.29, 0.717) is 28.2 Å². The van der Waals surface area contributed by atoms with Crippen LogP contribution in [0.3, 0.4) is 0 Å². The lowest BCUT2D eigenvalue weighted by molar-refractivity contribution is -0.0122. The summed E-state index contributed by atoms with van der Waals surface area (Å²) in [5.41, 5.74) is 0.954. The highest BCUT2D eigenvalue weighted by atomic mass is 15.2. The van der Waals surface area contributed by atoms with Gasteiger partial charge in [0.05, 0.1) is 0 Å². The Kier molecular flexibility index (Phi) is 6.10. The molecule has 0 spiro atoms. The second-order valence-corrected chi connectivity index (χ2v) is 12.4. The molecule has 0 bridgehead atoms. The second kappa shape index (κ2) is 6.64. The molecule has 0 amide bonds. The Morgan fingerprint density at radius 2 is 1.29 bits per heavy atom. The highest BCUT2D eigenvalue weighted by Gasteiger charge is 2.48. The van der Waals surface area contributed by atoms with E-state index in [9.17, 15) is 0 Å². The molecular formula is C22H46BN. The molecule has 0 radical (unpaired) electrons. The highest BCUT2D eigenvalue weighted by Crippen LogP contribution is 2.52. The van der Waals surface area contributed by atoms with Gasteiger partial charge < -0.3 is 0 Å². The van der Waals surface area contributed by atoms with Crippen LogP contribution in [-0.2, 0) is 0 Å². The third-order valence-corrected chi connectivity index (χ3v) is 7.67. The van der Waals surface area contributed by atoms with Crippen LogP contribution in [0.25, 0.3) is 0 Å². The van der Waals surface area contributed by atoms with Gasteiger partial charge in [-0.15, -0.1) is 0 Å². The molecule has 1 aliphatic rings. The smallest absolute Gasteiger partial charge is 0.150 e. The van der Waals surface area contributed by atoms with Crippen LogP contribution in [0.4, 0.5) is 0 Å². The van der Waals surface area contributed by atoms with Gasteiger partial charge in [0, 0.05) is 12.1 Å². The number of likely N-dealkylation sites (tertiary alicyclic amines) is 1. The molecule has 1 heterocycles. The number of rotatable bonds is 1. The minimum absolute atomic E-state index is 0.225. The molecule has 1 nitrogen and oxygen atoms in total. The third-order valence-electron chi connectivity index (χ3n) is 7.67. The minimum atomic E-state index is 0.225. The predicted molar refractivity (Wildman–Crippen MR) is 112 cm³/mol. The van der Waals surface area contributed by atoms with Crippen molar-refractivity contribution in [1.82, 2.24) is 4.90 Å². The van der Waals surface area contributed by atoms with Crippen molar-refractivity contribution in [3.63, 3.8) is 0 Å². The van der Waals surface area contributed by atoms with E-state index in [2.05, 4.69) is 87.9 Å². The van der Waals surface area contributed by atoms with E-state index in [1.807, 2.05) is 0 Å². The van der Waals surface area contributed by atoms with Crippen LogP contribution in [0.1, 0.15) is 95.4 Å².